The highest BCUT2D eigenvalue weighted by molar-refractivity contribution is 4.86. The predicted octanol–water partition coefficient (Wildman–Crippen LogP) is 8.39. The molecule has 2 rings (SSSR count). The van der Waals surface area contributed by atoms with Gasteiger partial charge in [-0.15, -0.1) is 0 Å². The first-order valence-electron chi connectivity index (χ1n) is 13.3. The van der Waals surface area contributed by atoms with E-state index in [4.69, 9.17) is 0 Å². The number of unbranched alkanes of at least 4 members (excludes halogenated alkanes) is 1. The molecule has 1 unspecified atom stereocenters. The summed E-state index contributed by atoms with van der Waals surface area (Å²) in [5, 5.41) is 11.0. The van der Waals surface area contributed by atoms with Gasteiger partial charge in [0.25, 0.3) is 0 Å². The Morgan fingerprint density at radius 1 is 0.857 bits per heavy atom. The molecule has 28 heavy (non-hydrogen) atoms. The van der Waals surface area contributed by atoms with E-state index in [9.17, 15) is 5.11 Å². The van der Waals surface area contributed by atoms with Crippen LogP contribution in [0.3, 0.4) is 0 Å². The van der Waals surface area contributed by atoms with Crippen LogP contribution in [0.5, 0.6) is 0 Å². The number of aliphatic hydroxyl groups is 1. The maximum atomic E-state index is 11.0. The summed E-state index contributed by atoms with van der Waals surface area (Å²) in [6.45, 7) is 9.53. The van der Waals surface area contributed by atoms with Crippen molar-refractivity contribution in [1.29, 1.82) is 0 Å². The molecule has 0 heterocycles. The molecule has 2 aliphatic carbocycles. The van der Waals surface area contributed by atoms with Gasteiger partial charge in [-0.1, -0.05) is 111 Å². The van der Waals surface area contributed by atoms with E-state index in [1.165, 1.54) is 89.9 Å². The van der Waals surface area contributed by atoms with Crippen molar-refractivity contribution in [3.63, 3.8) is 0 Å². The fourth-order valence-corrected chi connectivity index (χ4v) is 6.80. The lowest BCUT2D eigenvalue weighted by Crippen LogP contribution is -2.31. The van der Waals surface area contributed by atoms with Gasteiger partial charge in [-0.2, -0.15) is 0 Å². The Morgan fingerprint density at radius 3 is 2.11 bits per heavy atom. The zero-order valence-electron chi connectivity index (χ0n) is 19.8. The van der Waals surface area contributed by atoms with E-state index in [0.717, 1.165) is 48.3 Å². The second kappa shape index (κ2) is 13.3. The summed E-state index contributed by atoms with van der Waals surface area (Å²) < 4.78 is 0. The average molecular weight is 393 g/mol. The van der Waals surface area contributed by atoms with Gasteiger partial charge >= 0.3 is 0 Å². The molecule has 0 spiro atoms. The summed E-state index contributed by atoms with van der Waals surface area (Å²) in [5.74, 6) is 5.20. The van der Waals surface area contributed by atoms with Crippen molar-refractivity contribution < 1.29 is 5.11 Å². The summed E-state index contributed by atoms with van der Waals surface area (Å²) >= 11 is 0. The molecule has 4 atom stereocenters. The van der Waals surface area contributed by atoms with Crippen molar-refractivity contribution in [2.24, 2.45) is 35.5 Å². The molecule has 2 fully saturated rings. The summed E-state index contributed by atoms with van der Waals surface area (Å²) in [7, 11) is 0. The maximum Gasteiger partial charge on any atom is 0.0545 e. The first-order valence-corrected chi connectivity index (χ1v) is 13.3. The summed E-state index contributed by atoms with van der Waals surface area (Å²) in [6, 6.07) is 0. The zero-order valence-corrected chi connectivity index (χ0v) is 19.8. The third-order valence-corrected chi connectivity index (χ3v) is 8.51. The van der Waals surface area contributed by atoms with Gasteiger partial charge in [0.1, 0.15) is 0 Å². The van der Waals surface area contributed by atoms with Gasteiger partial charge in [0, 0.05) is 0 Å². The van der Waals surface area contributed by atoms with Crippen molar-refractivity contribution in [2.75, 3.05) is 0 Å². The normalized spacial score (nSPS) is 28.2. The van der Waals surface area contributed by atoms with Gasteiger partial charge < -0.3 is 5.11 Å². The minimum Gasteiger partial charge on any atom is -0.393 e. The molecule has 2 saturated carbocycles. The lowest BCUT2D eigenvalue weighted by Gasteiger charge is -2.38. The fraction of sp³-hybridized carbons (Fsp3) is 1.00. The van der Waals surface area contributed by atoms with Gasteiger partial charge in [-0.05, 0) is 54.8 Å². The van der Waals surface area contributed by atoms with E-state index in [0.29, 0.717) is 0 Å². The molecule has 0 aromatic carbocycles. The van der Waals surface area contributed by atoms with Crippen LogP contribution in [-0.4, -0.2) is 11.2 Å². The van der Waals surface area contributed by atoms with Gasteiger partial charge in [-0.3, -0.25) is 0 Å². The second-order valence-electron chi connectivity index (χ2n) is 10.7. The number of aliphatic hydroxyl groups excluding tert-OH is 1. The maximum absolute atomic E-state index is 11.0. The molecule has 1 nitrogen and oxygen atoms in total. The van der Waals surface area contributed by atoms with Gasteiger partial charge in [0.05, 0.1) is 6.10 Å². The Morgan fingerprint density at radius 2 is 1.54 bits per heavy atom. The highest BCUT2D eigenvalue weighted by atomic mass is 16.3. The van der Waals surface area contributed by atoms with Crippen LogP contribution in [0.2, 0.25) is 0 Å². The molecular formula is C27H52O. The molecule has 0 saturated heterocycles. The van der Waals surface area contributed by atoms with Gasteiger partial charge in [0.15, 0.2) is 0 Å². The topological polar surface area (TPSA) is 20.2 Å². The molecule has 1 heteroatoms. The monoisotopic (exact) mass is 392 g/mol. The second-order valence-corrected chi connectivity index (χ2v) is 10.7. The first-order chi connectivity index (χ1) is 13.6. The van der Waals surface area contributed by atoms with Crippen molar-refractivity contribution >= 4 is 0 Å². The summed E-state index contributed by atoms with van der Waals surface area (Å²) in [4.78, 5) is 0. The Hall–Kier alpha value is -0.0400. The highest BCUT2D eigenvalue weighted by Gasteiger charge is 2.35. The zero-order chi connectivity index (χ0) is 20.4. The molecule has 0 radical (unpaired) electrons. The standard InChI is InChI=1S/C27H52O/c1-5-8-14-27(24-12-9-10-13-24)26(11-6-2)23(7-3)20-25(28)19-22-17-15-21(4)16-18-22/h21-28H,5-20H2,1-4H3/t21?,22?,23-,25-,26+,27?/m0/s1. The van der Waals surface area contributed by atoms with E-state index >= 15 is 0 Å². The molecule has 0 aromatic rings. The minimum atomic E-state index is -0.0573. The minimum absolute atomic E-state index is 0.0573. The Labute approximate surface area is 177 Å². The van der Waals surface area contributed by atoms with Crippen LogP contribution >= 0.6 is 0 Å². The number of rotatable bonds is 13. The average Bonchev–Trinajstić information content (AvgIpc) is 3.22. The SMILES string of the molecule is CCCCC(C1CCCC1)[C@H](CCC)[C@@H](CC)C[C@@H](O)CC1CCC(C)CC1. The third kappa shape index (κ3) is 7.66. The molecule has 0 bridgehead atoms. The Balaban J connectivity index is 1.98. The molecule has 2 aliphatic rings. The molecular weight excluding hydrogens is 340 g/mol. The molecule has 0 amide bonds. The predicted molar refractivity (Wildman–Crippen MR) is 124 cm³/mol. The Bertz CT molecular complexity index is 378. The Kier molecular flexibility index (Phi) is 11.5. The number of hydrogen-bond donors (Lipinski definition) is 1. The first kappa shape index (κ1) is 24.2. The van der Waals surface area contributed by atoms with Crippen LogP contribution in [0.4, 0.5) is 0 Å². The van der Waals surface area contributed by atoms with Crippen molar-refractivity contribution in [3.8, 4) is 0 Å². The van der Waals surface area contributed by atoms with E-state index < -0.39 is 0 Å². The lowest BCUT2D eigenvalue weighted by atomic mass is 9.67. The van der Waals surface area contributed by atoms with E-state index in [1.807, 2.05) is 0 Å². The fourth-order valence-electron chi connectivity index (χ4n) is 6.80. The quantitative estimate of drug-likeness (QED) is 0.333. The van der Waals surface area contributed by atoms with Crippen molar-refractivity contribution in [1.82, 2.24) is 0 Å². The molecule has 1 N–H and O–H groups in total. The van der Waals surface area contributed by atoms with Crippen LogP contribution in [0.1, 0.15) is 130 Å². The molecule has 0 aliphatic heterocycles. The van der Waals surface area contributed by atoms with Crippen LogP contribution in [0.25, 0.3) is 0 Å². The van der Waals surface area contributed by atoms with E-state index in [-0.39, 0.29) is 6.10 Å². The van der Waals surface area contributed by atoms with Crippen LogP contribution in [-0.2, 0) is 0 Å². The van der Waals surface area contributed by atoms with Crippen LogP contribution in [0, 0.1) is 35.5 Å². The molecule has 0 aromatic heterocycles. The largest absolute Gasteiger partial charge is 0.393 e. The van der Waals surface area contributed by atoms with E-state index in [1.54, 1.807) is 0 Å². The van der Waals surface area contributed by atoms with Crippen molar-refractivity contribution in [2.45, 2.75) is 137 Å². The number of hydrogen-bond acceptors (Lipinski definition) is 1. The summed E-state index contributed by atoms with van der Waals surface area (Å²) in [5.41, 5.74) is 0. The molecule has 166 valence electrons. The van der Waals surface area contributed by atoms with Crippen molar-refractivity contribution in [3.05, 3.63) is 0 Å². The third-order valence-electron chi connectivity index (χ3n) is 8.51. The highest BCUT2D eigenvalue weighted by Crippen LogP contribution is 2.44. The van der Waals surface area contributed by atoms with Crippen LogP contribution < -0.4 is 0 Å². The van der Waals surface area contributed by atoms with Gasteiger partial charge in [-0.25, -0.2) is 0 Å². The smallest absolute Gasteiger partial charge is 0.0545 e. The van der Waals surface area contributed by atoms with E-state index in [2.05, 4.69) is 27.7 Å². The van der Waals surface area contributed by atoms with Crippen LogP contribution in [0.15, 0.2) is 0 Å². The lowest BCUT2D eigenvalue weighted by molar-refractivity contribution is 0.0588. The summed E-state index contributed by atoms with van der Waals surface area (Å²) in [6.07, 6.45) is 21.6. The van der Waals surface area contributed by atoms with Gasteiger partial charge in [0.2, 0.25) is 0 Å².